The van der Waals surface area contributed by atoms with Crippen molar-refractivity contribution in [2.24, 2.45) is 7.05 Å². The Bertz CT molecular complexity index is 305. The molecular weight excluding hydrogens is 168 g/mol. The minimum Gasteiger partial charge on any atom is -0.462 e. The van der Waals surface area contributed by atoms with Gasteiger partial charge in [0.15, 0.2) is 0 Å². The minimum atomic E-state index is -0.285. The van der Waals surface area contributed by atoms with Gasteiger partial charge in [0.05, 0.1) is 18.5 Å². The van der Waals surface area contributed by atoms with Gasteiger partial charge in [0, 0.05) is 7.05 Å². The quantitative estimate of drug-likeness (QED) is 0.659. The van der Waals surface area contributed by atoms with Crippen molar-refractivity contribution in [3.63, 3.8) is 0 Å². The Morgan fingerprint density at radius 3 is 2.85 bits per heavy atom. The Kier molecular flexibility index (Phi) is 3.06. The Morgan fingerprint density at radius 2 is 2.31 bits per heavy atom. The molecule has 1 aromatic heterocycles. The van der Waals surface area contributed by atoms with Crippen LogP contribution in [-0.4, -0.2) is 22.4 Å². The van der Waals surface area contributed by atoms with E-state index in [1.165, 1.54) is 0 Å². The summed E-state index contributed by atoms with van der Waals surface area (Å²) in [7, 11) is 1.82. The topological polar surface area (TPSA) is 44.1 Å². The van der Waals surface area contributed by atoms with Crippen LogP contribution < -0.4 is 0 Å². The van der Waals surface area contributed by atoms with E-state index in [9.17, 15) is 4.79 Å². The Balaban J connectivity index is 2.93. The van der Waals surface area contributed by atoms with Crippen molar-refractivity contribution in [3.05, 3.63) is 17.5 Å². The fraction of sp³-hybridized carbons (Fsp3) is 0.556. The highest BCUT2D eigenvalue weighted by molar-refractivity contribution is 5.90. The van der Waals surface area contributed by atoms with E-state index in [0.717, 1.165) is 12.1 Å². The highest BCUT2D eigenvalue weighted by Gasteiger charge is 2.14. The molecule has 0 bridgehead atoms. The van der Waals surface area contributed by atoms with E-state index in [1.54, 1.807) is 17.8 Å². The largest absolute Gasteiger partial charge is 0.462 e. The fourth-order valence-corrected chi connectivity index (χ4v) is 1.26. The Labute approximate surface area is 77.5 Å². The van der Waals surface area contributed by atoms with Crippen molar-refractivity contribution in [1.82, 2.24) is 9.78 Å². The van der Waals surface area contributed by atoms with Gasteiger partial charge in [-0.3, -0.25) is 4.68 Å². The van der Waals surface area contributed by atoms with E-state index in [2.05, 4.69) is 5.10 Å². The number of nitrogens with zero attached hydrogens (tertiary/aromatic N) is 2. The van der Waals surface area contributed by atoms with Crippen LogP contribution in [0.5, 0.6) is 0 Å². The van der Waals surface area contributed by atoms with Gasteiger partial charge in [-0.15, -0.1) is 0 Å². The van der Waals surface area contributed by atoms with Crippen LogP contribution in [-0.2, 0) is 18.2 Å². The van der Waals surface area contributed by atoms with Crippen LogP contribution in [0.1, 0.15) is 29.9 Å². The van der Waals surface area contributed by atoms with Gasteiger partial charge in [-0.1, -0.05) is 6.92 Å². The predicted octanol–water partition coefficient (Wildman–Crippen LogP) is 1.16. The van der Waals surface area contributed by atoms with E-state index < -0.39 is 0 Å². The van der Waals surface area contributed by atoms with Crippen LogP contribution in [0, 0.1) is 0 Å². The second-order valence-electron chi connectivity index (χ2n) is 2.70. The van der Waals surface area contributed by atoms with Crippen molar-refractivity contribution in [2.75, 3.05) is 6.61 Å². The number of hydrogen-bond acceptors (Lipinski definition) is 3. The Morgan fingerprint density at radius 1 is 1.62 bits per heavy atom. The number of aromatic nitrogens is 2. The second-order valence-corrected chi connectivity index (χ2v) is 2.70. The molecule has 72 valence electrons. The van der Waals surface area contributed by atoms with Gasteiger partial charge < -0.3 is 4.74 Å². The first-order chi connectivity index (χ1) is 6.20. The molecule has 0 saturated heterocycles. The molecule has 1 rings (SSSR count). The van der Waals surface area contributed by atoms with Gasteiger partial charge in [-0.25, -0.2) is 4.79 Å². The maximum Gasteiger partial charge on any atom is 0.341 e. The van der Waals surface area contributed by atoms with Crippen LogP contribution in [0.2, 0.25) is 0 Å². The standard InChI is InChI=1S/C9H14N2O2/c1-4-8-7(6-10-11(8)3)9(12)13-5-2/h6H,4-5H2,1-3H3. The number of rotatable bonds is 3. The molecule has 0 spiro atoms. The number of carbonyl (C=O) groups is 1. The molecule has 0 unspecified atom stereocenters. The maximum absolute atomic E-state index is 11.4. The zero-order chi connectivity index (χ0) is 9.84. The summed E-state index contributed by atoms with van der Waals surface area (Å²) >= 11 is 0. The first-order valence-electron chi connectivity index (χ1n) is 4.38. The van der Waals surface area contributed by atoms with Crippen molar-refractivity contribution < 1.29 is 9.53 Å². The highest BCUT2D eigenvalue weighted by Crippen LogP contribution is 2.09. The summed E-state index contributed by atoms with van der Waals surface area (Å²) in [4.78, 5) is 11.4. The summed E-state index contributed by atoms with van der Waals surface area (Å²) in [6, 6.07) is 0. The van der Waals surface area contributed by atoms with Crippen LogP contribution in [0.15, 0.2) is 6.20 Å². The summed E-state index contributed by atoms with van der Waals surface area (Å²) in [6.07, 6.45) is 2.33. The summed E-state index contributed by atoms with van der Waals surface area (Å²) in [6.45, 7) is 4.18. The number of esters is 1. The highest BCUT2D eigenvalue weighted by atomic mass is 16.5. The summed E-state index contributed by atoms with van der Waals surface area (Å²) in [5.74, 6) is -0.285. The monoisotopic (exact) mass is 182 g/mol. The van der Waals surface area contributed by atoms with E-state index in [-0.39, 0.29) is 5.97 Å². The van der Waals surface area contributed by atoms with Crippen molar-refractivity contribution in [2.45, 2.75) is 20.3 Å². The lowest BCUT2D eigenvalue weighted by molar-refractivity contribution is 0.0525. The van der Waals surface area contributed by atoms with Gasteiger partial charge >= 0.3 is 5.97 Å². The van der Waals surface area contributed by atoms with Gasteiger partial charge in [-0.05, 0) is 13.3 Å². The molecule has 0 N–H and O–H groups in total. The number of carbonyl (C=O) groups excluding carboxylic acids is 1. The van der Waals surface area contributed by atoms with Crippen LogP contribution in [0.3, 0.4) is 0 Å². The molecule has 0 fully saturated rings. The zero-order valence-electron chi connectivity index (χ0n) is 8.20. The average molecular weight is 182 g/mol. The molecule has 1 aromatic rings. The van der Waals surface area contributed by atoms with E-state index >= 15 is 0 Å². The molecule has 0 radical (unpaired) electrons. The molecule has 0 aliphatic rings. The van der Waals surface area contributed by atoms with Crippen molar-refractivity contribution in [1.29, 1.82) is 0 Å². The fourth-order valence-electron chi connectivity index (χ4n) is 1.26. The molecule has 4 heteroatoms. The molecule has 0 aliphatic heterocycles. The van der Waals surface area contributed by atoms with E-state index in [1.807, 2.05) is 14.0 Å². The van der Waals surface area contributed by atoms with Crippen molar-refractivity contribution >= 4 is 5.97 Å². The molecule has 0 atom stereocenters. The third-order valence-electron chi connectivity index (χ3n) is 1.89. The zero-order valence-corrected chi connectivity index (χ0v) is 8.20. The van der Waals surface area contributed by atoms with Crippen LogP contribution >= 0.6 is 0 Å². The Hall–Kier alpha value is -1.32. The number of aryl methyl sites for hydroxylation is 1. The lowest BCUT2D eigenvalue weighted by Crippen LogP contribution is -2.07. The molecular formula is C9H14N2O2. The summed E-state index contributed by atoms with van der Waals surface area (Å²) in [5.41, 5.74) is 1.49. The SMILES string of the molecule is CCOC(=O)c1cnn(C)c1CC. The maximum atomic E-state index is 11.4. The molecule has 0 aliphatic carbocycles. The second kappa shape index (κ2) is 4.07. The number of hydrogen-bond donors (Lipinski definition) is 0. The molecule has 0 aromatic carbocycles. The molecule has 0 amide bonds. The first kappa shape index (κ1) is 9.77. The lowest BCUT2D eigenvalue weighted by Gasteiger charge is -2.02. The van der Waals surface area contributed by atoms with Crippen molar-refractivity contribution in [3.8, 4) is 0 Å². The summed E-state index contributed by atoms with van der Waals surface area (Å²) in [5, 5.41) is 4.01. The van der Waals surface area contributed by atoms with Gasteiger partial charge in [0.25, 0.3) is 0 Å². The predicted molar refractivity (Wildman–Crippen MR) is 48.5 cm³/mol. The van der Waals surface area contributed by atoms with E-state index in [0.29, 0.717) is 12.2 Å². The normalized spacial score (nSPS) is 10.1. The number of ether oxygens (including phenoxy) is 1. The molecule has 1 heterocycles. The smallest absolute Gasteiger partial charge is 0.341 e. The van der Waals surface area contributed by atoms with E-state index in [4.69, 9.17) is 4.74 Å². The molecule has 13 heavy (non-hydrogen) atoms. The summed E-state index contributed by atoms with van der Waals surface area (Å²) < 4.78 is 6.59. The minimum absolute atomic E-state index is 0.285. The third-order valence-corrected chi connectivity index (χ3v) is 1.89. The van der Waals surface area contributed by atoms with Crippen LogP contribution in [0.4, 0.5) is 0 Å². The molecule has 0 saturated carbocycles. The molecule has 4 nitrogen and oxygen atoms in total. The van der Waals surface area contributed by atoms with Gasteiger partial charge in [-0.2, -0.15) is 5.10 Å². The average Bonchev–Trinajstić information content (AvgIpc) is 2.47. The first-order valence-corrected chi connectivity index (χ1v) is 4.38. The van der Waals surface area contributed by atoms with Gasteiger partial charge in [0.2, 0.25) is 0 Å². The lowest BCUT2D eigenvalue weighted by atomic mass is 10.2. The van der Waals surface area contributed by atoms with Gasteiger partial charge in [0.1, 0.15) is 5.56 Å². The van der Waals surface area contributed by atoms with Crippen LogP contribution in [0.25, 0.3) is 0 Å². The third kappa shape index (κ3) is 1.88.